The first-order valence-electron chi connectivity index (χ1n) is 10.1. The van der Waals surface area contributed by atoms with Gasteiger partial charge in [0.1, 0.15) is 0 Å². The molecule has 1 N–H and O–H groups in total. The van der Waals surface area contributed by atoms with Crippen molar-refractivity contribution in [3.63, 3.8) is 0 Å². The van der Waals surface area contributed by atoms with Crippen molar-refractivity contribution in [1.82, 2.24) is 15.2 Å². The number of nitrogens with zero attached hydrogens (tertiary/aromatic N) is 2. The van der Waals surface area contributed by atoms with Crippen LogP contribution < -0.4 is 5.32 Å². The van der Waals surface area contributed by atoms with Gasteiger partial charge >= 0.3 is 0 Å². The van der Waals surface area contributed by atoms with Gasteiger partial charge in [-0.05, 0) is 35.2 Å². The summed E-state index contributed by atoms with van der Waals surface area (Å²) in [5, 5.41) is 5.06. The van der Waals surface area contributed by atoms with Crippen molar-refractivity contribution in [3.8, 4) is 0 Å². The molecular formula is C24H23N3O2S. The van der Waals surface area contributed by atoms with Gasteiger partial charge in [-0.1, -0.05) is 30.3 Å². The molecule has 1 fully saturated rings. The van der Waals surface area contributed by atoms with Gasteiger partial charge in [0.15, 0.2) is 0 Å². The van der Waals surface area contributed by atoms with Crippen molar-refractivity contribution in [2.75, 3.05) is 26.7 Å². The molecule has 1 atom stereocenters. The summed E-state index contributed by atoms with van der Waals surface area (Å²) in [6.45, 7) is 3.13. The van der Waals surface area contributed by atoms with E-state index in [0.29, 0.717) is 6.61 Å². The monoisotopic (exact) mass is 417 g/mol. The summed E-state index contributed by atoms with van der Waals surface area (Å²) in [5.74, 6) is -0.0473. The van der Waals surface area contributed by atoms with Crippen molar-refractivity contribution in [3.05, 3.63) is 76.8 Å². The number of rotatable bonds is 4. The number of pyridine rings is 1. The summed E-state index contributed by atoms with van der Waals surface area (Å²) in [6.07, 6.45) is 1.70. The van der Waals surface area contributed by atoms with E-state index >= 15 is 0 Å². The van der Waals surface area contributed by atoms with Gasteiger partial charge in [-0.15, -0.1) is 11.3 Å². The van der Waals surface area contributed by atoms with E-state index in [9.17, 15) is 4.79 Å². The van der Waals surface area contributed by atoms with E-state index in [-0.39, 0.29) is 12.0 Å². The molecule has 0 radical (unpaired) electrons. The van der Waals surface area contributed by atoms with Gasteiger partial charge in [0.25, 0.3) is 5.91 Å². The lowest BCUT2D eigenvalue weighted by Gasteiger charge is -2.33. The Hall–Kier alpha value is -2.80. The number of fused-ring (bicyclic) bond motifs is 2. The van der Waals surface area contributed by atoms with Crippen LogP contribution in [0.5, 0.6) is 0 Å². The van der Waals surface area contributed by atoms with Gasteiger partial charge < -0.3 is 10.1 Å². The average Bonchev–Trinajstić information content (AvgIpc) is 3.18. The lowest BCUT2D eigenvalue weighted by atomic mass is 10.0. The number of aromatic nitrogens is 1. The molecular weight excluding hydrogens is 394 g/mol. The molecule has 0 aliphatic carbocycles. The van der Waals surface area contributed by atoms with Crippen molar-refractivity contribution in [1.29, 1.82) is 0 Å². The predicted molar refractivity (Wildman–Crippen MR) is 121 cm³/mol. The third-order valence-electron chi connectivity index (χ3n) is 5.61. The molecule has 5 nitrogen and oxygen atoms in total. The highest BCUT2D eigenvalue weighted by molar-refractivity contribution is 7.21. The first-order chi connectivity index (χ1) is 14.7. The predicted octanol–water partition coefficient (Wildman–Crippen LogP) is 4.38. The fraction of sp³-hybridized carbons (Fsp3) is 0.250. The van der Waals surface area contributed by atoms with Crippen LogP contribution in [0.15, 0.2) is 60.8 Å². The maximum absolute atomic E-state index is 12.6. The van der Waals surface area contributed by atoms with Gasteiger partial charge in [-0.3, -0.25) is 14.7 Å². The molecule has 0 spiro atoms. The number of hydrogen-bond donors (Lipinski definition) is 1. The van der Waals surface area contributed by atoms with Crippen LogP contribution in [0, 0.1) is 0 Å². The van der Waals surface area contributed by atoms with Gasteiger partial charge in [0.05, 0.1) is 23.1 Å². The highest BCUT2D eigenvalue weighted by atomic mass is 32.1. The number of thiophene rings is 1. The summed E-state index contributed by atoms with van der Waals surface area (Å²) >= 11 is 1.54. The number of hydrogen-bond acceptors (Lipinski definition) is 5. The van der Waals surface area contributed by atoms with E-state index in [4.69, 9.17) is 4.74 Å². The second kappa shape index (κ2) is 8.14. The first kappa shape index (κ1) is 19.2. The smallest absolute Gasteiger partial charge is 0.261 e. The number of carbonyl (C=O) groups excluding carboxylic acids is 1. The molecule has 6 heteroatoms. The van der Waals surface area contributed by atoms with E-state index < -0.39 is 0 Å². The molecule has 0 bridgehead atoms. The number of carbonyl (C=O) groups is 1. The molecule has 5 rings (SSSR count). The lowest BCUT2D eigenvalue weighted by Crippen LogP contribution is -2.38. The van der Waals surface area contributed by atoms with Crippen molar-refractivity contribution in [2.24, 2.45) is 0 Å². The number of benzene rings is 2. The minimum Gasteiger partial charge on any atom is -0.371 e. The van der Waals surface area contributed by atoms with Gasteiger partial charge in [-0.25, -0.2) is 0 Å². The van der Waals surface area contributed by atoms with Crippen LogP contribution in [-0.2, 0) is 11.3 Å². The van der Waals surface area contributed by atoms with Crippen molar-refractivity contribution in [2.45, 2.75) is 12.6 Å². The third kappa shape index (κ3) is 3.58. The van der Waals surface area contributed by atoms with Crippen LogP contribution in [0.25, 0.3) is 21.0 Å². The molecule has 1 aliphatic heterocycles. The van der Waals surface area contributed by atoms with Gasteiger partial charge in [0.2, 0.25) is 0 Å². The molecule has 3 heterocycles. The second-order valence-corrected chi connectivity index (χ2v) is 8.60. The minimum absolute atomic E-state index is 0.0473. The summed E-state index contributed by atoms with van der Waals surface area (Å²) in [5.41, 5.74) is 3.29. The molecule has 4 aromatic rings. The highest BCUT2D eigenvalue weighted by Crippen LogP contribution is 2.38. The molecule has 0 saturated carbocycles. The van der Waals surface area contributed by atoms with Gasteiger partial charge in [-0.2, -0.15) is 0 Å². The average molecular weight is 418 g/mol. The Morgan fingerprint density at radius 3 is 3.03 bits per heavy atom. The summed E-state index contributed by atoms with van der Waals surface area (Å²) in [6, 6.07) is 18.7. The van der Waals surface area contributed by atoms with E-state index in [2.05, 4.69) is 51.6 Å². The fourth-order valence-corrected chi connectivity index (χ4v) is 5.37. The number of nitrogens with one attached hydrogen (secondary N) is 1. The molecule has 1 aliphatic rings. The Balaban J connectivity index is 1.43. The van der Waals surface area contributed by atoms with Crippen molar-refractivity contribution >= 4 is 38.2 Å². The molecule has 30 heavy (non-hydrogen) atoms. The first-order valence-corrected chi connectivity index (χ1v) is 11.0. The van der Waals surface area contributed by atoms with Gasteiger partial charge in [0, 0.05) is 48.5 Å². The maximum atomic E-state index is 12.6. The summed E-state index contributed by atoms with van der Waals surface area (Å²) in [7, 11) is 1.68. The van der Waals surface area contributed by atoms with Crippen LogP contribution in [0.3, 0.4) is 0 Å². The minimum atomic E-state index is -0.121. The lowest BCUT2D eigenvalue weighted by molar-refractivity contribution is -0.0323. The Labute approximate surface area is 179 Å². The maximum Gasteiger partial charge on any atom is 0.261 e. The third-order valence-corrected chi connectivity index (χ3v) is 6.80. The van der Waals surface area contributed by atoms with Crippen molar-refractivity contribution < 1.29 is 9.53 Å². The largest absolute Gasteiger partial charge is 0.371 e. The topological polar surface area (TPSA) is 54.5 Å². The van der Waals surface area contributed by atoms with Crippen LogP contribution >= 0.6 is 11.3 Å². The SMILES string of the molecule is CNC(=O)c1sc2ccccc2c1[C@@H]1CN(Cc2ccc3ncccc3c2)CCO1. The van der Waals surface area contributed by atoms with E-state index in [1.165, 1.54) is 16.9 Å². The van der Waals surface area contributed by atoms with E-state index in [0.717, 1.165) is 51.1 Å². The molecule has 152 valence electrons. The zero-order valence-corrected chi connectivity index (χ0v) is 17.6. The molecule has 2 aromatic carbocycles. The summed E-state index contributed by atoms with van der Waals surface area (Å²) in [4.78, 5) is 20.1. The molecule has 1 amide bonds. The molecule has 1 saturated heterocycles. The number of ether oxygens (including phenoxy) is 1. The van der Waals surface area contributed by atoms with E-state index in [1.807, 2.05) is 24.4 Å². The quantitative estimate of drug-likeness (QED) is 0.535. The fourth-order valence-electron chi connectivity index (χ4n) is 4.17. The second-order valence-electron chi connectivity index (χ2n) is 7.55. The Morgan fingerprint density at radius 2 is 2.13 bits per heavy atom. The Bertz CT molecular complexity index is 1220. The zero-order valence-electron chi connectivity index (χ0n) is 16.8. The normalized spacial score (nSPS) is 17.4. The standard InChI is InChI=1S/C24H23N3O2S/c1-25-24(28)23-22(18-6-2-3-7-21(18)30-23)20-15-27(11-12-29-20)14-16-8-9-19-17(13-16)5-4-10-26-19/h2-10,13,20H,11-12,14-15H2,1H3,(H,25,28)/t20-/m0/s1. The van der Waals surface area contributed by atoms with Crippen LogP contribution in [0.4, 0.5) is 0 Å². The van der Waals surface area contributed by atoms with Crippen LogP contribution in [0.2, 0.25) is 0 Å². The Kier molecular flexibility index (Phi) is 5.21. The van der Waals surface area contributed by atoms with Crippen LogP contribution in [0.1, 0.15) is 26.9 Å². The Morgan fingerprint density at radius 1 is 1.23 bits per heavy atom. The van der Waals surface area contributed by atoms with E-state index in [1.54, 1.807) is 7.05 Å². The highest BCUT2D eigenvalue weighted by Gasteiger charge is 2.29. The summed E-state index contributed by atoms with van der Waals surface area (Å²) < 4.78 is 7.30. The number of amides is 1. The number of morpholine rings is 1. The van der Waals surface area contributed by atoms with Crippen LogP contribution in [-0.4, -0.2) is 42.5 Å². The molecule has 2 aromatic heterocycles. The molecule has 0 unspecified atom stereocenters. The zero-order chi connectivity index (χ0) is 20.5.